The average Bonchev–Trinajstić information content (AvgIpc) is 2.60. The van der Waals surface area contributed by atoms with Crippen molar-refractivity contribution in [3.8, 4) is 0 Å². The number of nitrogens with one attached hydrogen (secondary N) is 1. The number of hydrogen-bond acceptors (Lipinski definition) is 1. The molecule has 1 aromatic carbocycles. The molecule has 0 fully saturated rings. The zero-order valence-corrected chi connectivity index (χ0v) is 11.6. The minimum Gasteiger partial charge on any atom is -0.358 e. The summed E-state index contributed by atoms with van der Waals surface area (Å²) in [7, 11) is 3.60. The van der Waals surface area contributed by atoms with Crippen molar-refractivity contribution in [1.82, 2.24) is 9.88 Å². The molecule has 19 heavy (non-hydrogen) atoms. The first-order chi connectivity index (χ1) is 9.18. The molecule has 1 N–H and O–H groups in total. The van der Waals surface area contributed by atoms with Gasteiger partial charge in [0.25, 0.3) is 5.91 Å². The molecule has 0 bridgehead atoms. The van der Waals surface area contributed by atoms with Crippen LogP contribution in [0.4, 0.5) is 0 Å². The fourth-order valence-corrected chi connectivity index (χ4v) is 3.03. The van der Waals surface area contributed by atoms with Gasteiger partial charge in [0.2, 0.25) is 0 Å². The fourth-order valence-electron chi connectivity index (χ4n) is 3.03. The van der Waals surface area contributed by atoms with Crippen molar-refractivity contribution in [2.45, 2.75) is 32.1 Å². The number of benzene rings is 1. The van der Waals surface area contributed by atoms with Crippen molar-refractivity contribution in [2.75, 3.05) is 14.1 Å². The highest BCUT2D eigenvalue weighted by atomic mass is 16.2. The Labute approximate surface area is 113 Å². The summed E-state index contributed by atoms with van der Waals surface area (Å²) in [5, 5.41) is 1.24. The first kappa shape index (κ1) is 12.3. The van der Waals surface area contributed by atoms with Crippen molar-refractivity contribution in [1.29, 1.82) is 0 Å². The number of aromatic amines is 1. The number of para-hydroxylation sites is 1. The van der Waals surface area contributed by atoms with Crippen LogP contribution in [0, 0.1) is 0 Å². The Hall–Kier alpha value is -1.77. The van der Waals surface area contributed by atoms with Gasteiger partial charge in [-0.25, -0.2) is 0 Å². The fraction of sp³-hybridized carbons (Fsp3) is 0.438. The normalized spacial score (nSPS) is 15.1. The maximum atomic E-state index is 12.2. The molecule has 3 nitrogen and oxygen atoms in total. The molecule has 0 radical (unpaired) electrons. The highest BCUT2D eigenvalue weighted by Gasteiger charge is 2.19. The molecule has 0 spiro atoms. The number of H-pyrrole nitrogens is 1. The summed E-state index contributed by atoms with van der Waals surface area (Å²) in [6, 6.07) is 6.06. The second kappa shape index (κ2) is 4.72. The Balaban J connectivity index is 2.19. The Kier molecular flexibility index (Phi) is 3.05. The zero-order chi connectivity index (χ0) is 13.4. The predicted octanol–water partition coefficient (Wildman–Crippen LogP) is 3.14. The van der Waals surface area contributed by atoms with Gasteiger partial charge in [0, 0.05) is 25.2 Å². The van der Waals surface area contributed by atoms with Gasteiger partial charge in [-0.05, 0) is 37.3 Å². The van der Waals surface area contributed by atoms with Crippen molar-refractivity contribution in [2.24, 2.45) is 0 Å². The van der Waals surface area contributed by atoms with E-state index in [4.69, 9.17) is 0 Å². The van der Waals surface area contributed by atoms with Gasteiger partial charge in [-0.3, -0.25) is 4.79 Å². The molecule has 100 valence electrons. The van der Waals surface area contributed by atoms with Gasteiger partial charge in [0.15, 0.2) is 0 Å². The highest BCUT2D eigenvalue weighted by molar-refractivity contribution is 6.06. The van der Waals surface area contributed by atoms with Crippen LogP contribution in [0.3, 0.4) is 0 Å². The van der Waals surface area contributed by atoms with Crippen LogP contribution in [0.2, 0.25) is 0 Å². The third-order valence-electron chi connectivity index (χ3n) is 4.02. The van der Waals surface area contributed by atoms with E-state index in [0.29, 0.717) is 0 Å². The molecule has 1 heterocycles. The average molecular weight is 256 g/mol. The molecule has 0 saturated heterocycles. The monoisotopic (exact) mass is 256 g/mol. The molecule has 3 rings (SSSR count). The van der Waals surface area contributed by atoms with Crippen LogP contribution in [-0.2, 0) is 12.8 Å². The van der Waals surface area contributed by atoms with Crippen LogP contribution in [0.25, 0.3) is 10.9 Å². The van der Waals surface area contributed by atoms with Gasteiger partial charge in [0.05, 0.1) is 11.1 Å². The molecule has 0 aliphatic heterocycles. The molecule has 2 aromatic rings. The Bertz CT molecular complexity index is 625. The van der Waals surface area contributed by atoms with Crippen LogP contribution in [-0.4, -0.2) is 29.9 Å². The third-order valence-corrected chi connectivity index (χ3v) is 4.02. The van der Waals surface area contributed by atoms with Gasteiger partial charge in [-0.1, -0.05) is 18.6 Å². The van der Waals surface area contributed by atoms with Crippen LogP contribution < -0.4 is 0 Å². The van der Waals surface area contributed by atoms with E-state index in [1.807, 2.05) is 12.1 Å². The van der Waals surface area contributed by atoms with Gasteiger partial charge in [-0.2, -0.15) is 0 Å². The Morgan fingerprint density at radius 2 is 1.95 bits per heavy atom. The summed E-state index contributed by atoms with van der Waals surface area (Å²) >= 11 is 0. The second-order valence-corrected chi connectivity index (χ2v) is 5.57. The van der Waals surface area contributed by atoms with Crippen molar-refractivity contribution in [3.63, 3.8) is 0 Å². The zero-order valence-electron chi connectivity index (χ0n) is 11.6. The molecule has 0 saturated carbocycles. The molecule has 3 heteroatoms. The number of aromatic nitrogens is 1. The van der Waals surface area contributed by atoms with Crippen molar-refractivity contribution < 1.29 is 4.79 Å². The first-order valence-corrected chi connectivity index (χ1v) is 7.02. The van der Waals surface area contributed by atoms with Gasteiger partial charge < -0.3 is 9.88 Å². The molecule has 1 aromatic heterocycles. The summed E-state index contributed by atoms with van der Waals surface area (Å²) in [6.45, 7) is 0. The summed E-state index contributed by atoms with van der Waals surface area (Å²) in [4.78, 5) is 17.4. The lowest BCUT2D eigenvalue weighted by atomic mass is 10.0. The van der Waals surface area contributed by atoms with Crippen LogP contribution >= 0.6 is 0 Å². The minimum absolute atomic E-state index is 0.0713. The standard InChI is InChI=1S/C16H20N2O/c1-18(2)16(19)13-9-6-8-12-11-7-4-3-5-10-14(11)17-15(12)13/h6,8-9,17H,3-5,7,10H2,1-2H3. The van der Waals surface area contributed by atoms with Crippen molar-refractivity contribution >= 4 is 16.8 Å². The number of aryl methyl sites for hydroxylation is 2. The van der Waals surface area contributed by atoms with E-state index in [9.17, 15) is 4.79 Å². The number of fused-ring (bicyclic) bond motifs is 3. The van der Waals surface area contributed by atoms with Gasteiger partial charge in [-0.15, -0.1) is 0 Å². The van der Waals surface area contributed by atoms with Crippen LogP contribution in [0.15, 0.2) is 18.2 Å². The maximum Gasteiger partial charge on any atom is 0.255 e. The number of carbonyl (C=O) groups is 1. The lowest BCUT2D eigenvalue weighted by molar-refractivity contribution is 0.0829. The highest BCUT2D eigenvalue weighted by Crippen LogP contribution is 2.30. The topological polar surface area (TPSA) is 36.1 Å². The SMILES string of the molecule is CN(C)C(=O)c1cccc2c3c([nH]c12)CCCCC3. The second-order valence-electron chi connectivity index (χ2n) is 5.57. The molecular weight excluding hydrogens is 236 g/mol. The quantitative estimate of drug-likeness (QED) is 0.782. The number of rotatable bonds is 1. The van der Waals surface area contributed by atoms with E-state index in [1.165, 1.54) is 35.9 Å². The van der Waals surface area contributed by atoms with E-state index >= 15 is 0 Å². The first-order valence-electron chi connectivity index (χ1n) is 7.02. The molecule has 0 unspecified atom stereocenters. The van der Waals surface area contributed by atoms with E-state index < -0.39 is 0 Å². The summed E-state index contributed by atoms with van der Waals surface area (Å²) in [6.07, 6.45) is 6.05. The Morgan fingerprint density at radius 1 is 1.16 bits per heavy atom. The number of amides is 1. The third kappa shape index (κ3) is 2.03. The van der Waals surface area contributed by atoms with E-state index in [2.05, 4.69) is 11.1 Å². The Morgan fingerprint density at radius 3 is 2.74 bits per heavy atom. The molecule has 1 amide bonds. The minimum atomic E-state index is 0.0713. The summed E-state index contributed by atoms with van der Waals surface area (Å²) < 4.78 is 0. The van der Waals surface area contributed by atoms with E-state index in [-0.39, 0.29) is 5.91 Å². The maximum absolute atomic E-state index is 12.2. The molecule has 0 atom stereocenters. The van der Waals surface area contributed by atoms with Crippen molar-refractivity contribution in [3.05, 3.63) is 35.0 Å². The lowest BCUT2D eigenvalue weighted by Gasteiger charge is -2.11. The largest absolute Gasteiger partial charge is 0.358 e. The number of nitrogens with zero attached hydrogens (tertiary/aromatic N) is 1. The lowest BCUT2D eigenvalue weighted by Crippen LogP contribution is -2.21. The van der Waals surface area contributed by atoms with E-state index in [1.54, 1.807) is 19.0 Å². The molecule has 1 aliphatic rings. The van der Waals surface area contributed by atoms with Crippen LogP contribution in [0.1, 0.15) is 40.9 Å². The smallest absolute Gasteiger partial charge is 0.255 e. The number of hydrogen-bond donors (Lipinski definition) is 1. The van der Waals surface area contributed by atoms with Gasteiger partial charge in [0.1, 0.15) is 0 Å². The van der Waals surface area contributed by atoms with Gasteiger partial charge >= 0.3 is 0 Å². The summed E-state index contributed by atoms with van der Waals surface area (Å²) in [5.74, 6) is 0.0713. The van der Waals surface area contributed by atoms with Crippen LogP contribution in [0.5, 0.6) is 0 Å². The molecule has 1 aliphatic carbocycles. The van der Waals surface area contributed by atoms with E-state index in [0.717, 1.165) is 23.9 Å². The predicted molar refractivity (Wildman–Crippen MR) is 77.6 cm³/mol. The summed E-state index contributed by atoms with van der Waals surface area (Å²) in [5.41, 5.74) is 4.58. The number of carbonyl (C=O) groups excluding carboxylic acids is 1. The molecular formula is C16H20N2O.